The number of amides is 1. The summed E-state index contributed by atoms with van der Waals surface area (Å²) < 4.78 is 11.1. The molecule has 0 saturated carbocycles. The summed E-state index contributed by atoms with van der Waals surface area (Å²) in [5.41, 5.74) is 7.38. The van der Waals surface area contributed by atoms with E-state index in [0.29, 0.717) is 24.4 Å². The Labute approximate surface area is 192 Å². The lowest BCUT2D eigenvalue weighted by Gasteiger charge is -2.17. The van der Waals surface area contributed by atoms with Crippen molar-refractivity contribution < 1.29 is 24.2 Å². The Bertz CT molecular complexity index is 1040. The summed E-state index contributed by atoms with van der Waals surface area (Å²) in [5.74, 6) is -0.680. The fourth-order valence-electron chi connectivity index (χ4n) is 3.61. The molecule has 0 unspecified atom stereocenters. The number of carbonyl (C=O) groups excluding carboxylic acids is 2. The van der Waals surface area contributed by atoms with Crippen LogP contribution in [0, 0.1) is 5.41 Å². The van der Waals surface area contributed by atoms with Gasteiger partial charge in [0.15, 0.2) is 5.96 Å². The van der Waals surface area contributed by atoms with Crippen LogP contribution in [-0.2, 0) is 14.3 Å². The van der Waals surface area contributed by atoms with E-state index in [9.17, 15) is 14.7 Å². The molecule has 3 rings (SSSR count). The maximum Gasteiger partial charge on any atom is 0.317 e. The molecule has 0 saturated heterocycles. The lowest BCUT2D eigenvalue weighted by molar-refractivity contribution is -0.144. The third-order valence-corrected chi connectivity index (χ3v) is 5.25. The number of phenols is 1. The number of nitrogens with one attached hydrogen (secondary N) is 3. The zero-order valence-electron chi connectivity index (χ0n) is 18.3. The fourth-order valence-corrected chi connectivity index (χ4v) is 3.61. The van der Waals surface area contributed by atoms with Gasteiger partial charge in [0.25, 0.3) is 0 Å². The van der Waals surface area contributed by atoms with Crippen molar-refractivity contribution in [3.8, 4) is 11.5 Å². The summed E-state index contributed by atoms with van der Waals surface area (Å²) in [6, 6.07) is 11.9. The third-order valence-electron chi connectivity index (χ3n) is 5.25. The van der Waals surface area contributed by atoms with Crippen molar-refractivity contribution in [3.05, 3.63) is 65.2 Å². The lowest BCUT2D eigenvalue weighted by Crippen LogP contribution is -2.31. The van der Waals surface area contributed by atoms with E-state index in [-0.39, 0.29) is 17.6 Å². The average Bonchev–Trinajstić information content (AvgIpc) is 3.18. The highest BCUT2D eigenvalue weighted by molar-refractivity contribution is 5.92. The SMILES string of the molecule is COC(=O)[C@H]1c2cc(/C=C/C(=O)NCCCCNC(=N)N)ccc2O[C@@H]1c1ccc(O)cc1. The van der Waals surface area contributed by atoms with Crippen LogP contribution in [-0.4, -0.2) is 43.1 Å². The highest BCUT2D eigenvalue weighted by atomic mass is 16.5. The maximum absolute atomic E-state index is 12.6. The van der Waals surface area contributed by atoms with Crippen LogP contribution in [0.3, 0.4) is 0 Å². The van der Waals surface area contributed by atoms with E-state index < -0.39 is 18.0 Å². The van der Waals surface area contributed by atoms with E-state index in [2.05, 4.69) is 10.6 Å². The Morgan fingerprint density at radius 3 is 2.52 bits per heavy atom. The highest BCUT2D eigenvalue weighted by Gasteiger charge is 2.41. The Morgan fingerprint density at radius 2 is 1.85 bits per heavy atom. The molecule has 1 aliphatic heterocycles. The van der Waals surface area contributed by atoms with Gasteiger partial charge in [-0.05, 0) is 54.3 Å². The molecule has 2 atom stereocenters. The predicted octanol–water partition coefficient (Wildman–Crippen LogP) is 2.18. The molecule has 2 aromatic carbocycles. The van der Waals surface area contributed by atoms with E-state index in [4.69, 9.17) is 20.6 Å². The quantitative estimate of drug-likeness (QED) is 0.129. The van der Waals surface area contributed by atoms with Crippen LogP contribution in [0.15, 0.2) is 48.5 Å². The Balaban J connectivity index is 1.65. The van der Waals surface area contributed by atoms with E-state index in [1.165, 1.54) is 13.2 Å². The number of phenolic OH excluding ortho intramolecular Hbond substituents is 1. The molecule has 9 heteroatoms. The number of unbranched alkanes of at least 4 members (excludes halogenated alkanes) is 1. The van der Waals surface area contributed by atoms with E-state index in [1.807, 2.05) is 12.1 Å². The van der Waals surface area contributed by atoms with Crippen LogP contribution in [0.4, 0.5) is 0 Å². The van der Waals surface area contributed by atoms with Gasteiger partial charge in [0, 0.05) is 24.7 Å². The van der Waals surface area contributed by atoms with E-state index in [1.54, 1.807) is 36.4 Å². The molecule has 1 amide bonds. The number of methoxy groups -OCH3 is 1. The Kier molecular flexibility index (Phi) is 7.91. The van der Waals surface area contributed by atoms with Crippen molar-refractivity contribution >= 4 is 23.9 Å². The molecule has 174 valence electrons. The van der Waals surface area contributed by atoms with Crippen molar-refractivity contribution in [2.45, 2.75) is 24.9 Å². The number of esters is 1. The normalized spacial score (nSPS) is 16.6. The van der Waals surface area contributed by atoms with Gasteiger partial charge in [-0.2, -0.15) is 0 Å². The largest absolute Gasteiger partial charge is 0.508 e. The van der Waals surface area contributed by atoms with E-state index in [0.717, 1.165) is 24.0 Å². The van der Waals surface area contributed by atoms with Crippen molar-refractivity contribution in [3.63, 3.8) is 0 Å². The van der Waals surface area contributed by atoms with Gasteiger partial charge in [-0.3, -0.25) is 15.0 Å². The smallest absolute Gasteiger partial charge is 0.317 e. The number of fused-ring (bicyclic) bond motifs is 1. The number of ether oxygens (including phenoxy) is 2. The maximum atomic E-state index is 12.6. The van der Waals surface area contributed by atoms with Gasteiger partial charge in [-0.15, -0.1) is 0 Å². The van der Waals surface area contributed by atoms with Gasteiger partial charge in [0.2, 0.25) is 5.91 Å². The molecule has 2 aromatic rings. The molecule has 33 heavy (non-hydrogen) atoms. The molecule has 0 spiro atoms. The molecular formula is C24H28N4O5. The molecule has 1 heterocycles. The Hall–Kier alpha value is -4.01. The summed E-state index contributed by atoms with van der Waals surface area (Å²) in [5, 5.41) is 22.2. The van der Waals surface area contributed by atoms with Gasteiger partial charge < -0.3 is 30.9 Å². The second-order valence-electron chi connectivity index (χ2n) is 7.60. The van der Waals surface area contributed by atoms with Crippen LogP contribution < -0.4 is 21.1 Å². The molecule has 0 aliphatic carbocycles. The molecule has 0 radical (unpaired) electrons. The van der Waals surface area contributed by atoms with Crippen molar-refractivity contribution in [1.82, 2.24) is 10.6 Å². The molecule has 0 aromatic heterocycles. The van der Waals surface area contributed by atoms with E-state index >= 15 is 0 Å². The number of nitrogens with two attached hydrogens (primary N) is 1. The minimum Gasteiger partial charge on any atom is -0.508 e. The summed E-state index contributed by atoms with van der Waals surface area (Å²) in [4.78, 5) is 24.7. The number of aromatic hydroxyl groups is 1. The molecule has 0 fully saturated rings. The van der Waals surface area contributed by atoms with Gasteiger partial charge in [-0.25, -0.2) is 0 Å². The standard InChI is InChI=1S/C24H28N4O5/c1-32-23(31)21-18-14-15(5-11-20(30)27-12-2-3-13-28-24(25)26)4-10-19(18)33-22(21)16-6-8-17(29)9-7-16/h4-11,14,21-22,29H,2-3,12-13H2,1H3,(H,27,30)(H4,25,26,28)/b11-5+/t21-,22+/m0/s1. The van der Waals surface area contributed by atoms with Crippen LogP contribution in [0.5, 0.6) is 11.5 Å². The minimum atomic E-state index is -0.666. The number of carbonyl (C=O) groups is 2. The van der Waals surface area contributed by atoms with Gasteiger partial charge in [-0.1, -0.05) is 18.2 Å². The minimum absolute atomic E-state index is 0.0643. The third kappa shape index (κ3) is 6.25. The highest BCUT2D eigenvalue weighted by Crippen LogP contribution is 2.47. The first kappa shape index (κ1) is 23.6. The first-order valence-corrected chi connectivity index (χ1v) is 10.6. The molecule has 0 bridgehead atoms. The number of benzene rings is 2. The topological polar surface area (TPSA) is 147 Å². The van der Waals surface area contributed by atoms with Crippen molar-refractivity contribution in [2.75, 3.05) is 20.2 Å². The lowest BCUT2D eigenvalue weighted by atomic mass is 9.90. The predicted molar refractivity (Wildman–Crippen MR) is 124 cm³/mol. The second kappa shape index (κ2) is 11.0. The van der Waals surface area contributed by atoms with Crippen LogP contribution in [0.25, 0.3) is 6.08 Å². The first-order valence-electron chi connectivity index (χ1n) is 10.6. The summed E-state index contributed by atoms with van der Waals surface area (Å²) >= 11 is 0. The molecular weight excluding hydrogens is 424 g/mol. The zero-order chi connectivity index (χ0) is 23.8. The summed E-state index contributed by atoms with van der Waals surface area (Å²) in [6.45, 7) is 1.10. The number of hydrogen-bond acceptors (Lipinski definition) is 6. The summed E-state index contributed by atoms with van der Waals surface area (Å²) in [6.07, 6.45) is 4.08. The van der Waals surface area contributed by atoms with Gasteiger partial charge >= 0.3 is 5.97 Å². The Morgan fingerprint density at radius 1 is 1.15 bits per heavy atom. The monoisotopic (exact) mass is 452 g/mol. The van der Waals surface area contributed by atoms with Gasteiger partial charge in [0.1, 0.15) is 23.5 Å². The zero-order valence-corrected chi connectivity index (χ0v) is 18.3. The van der Waals surface area contributed by atoms with Crippen molar-refractivity contribution in [1.29, 1.82) is 5.41 Å². The first-order chi connectivity index (χ1) is 15.9. The second-order valence-corrected chi connectivity index (χ2v) is 7.60. The fraction of sp³-hybridized carbons (Fsp3) is 0.292. The van der Waals surface area contributed by atoms with Crippen molar-refractivity contribution in [2.24, 2.45) is 5.73 Å². The molecule has 6 N–H and O–H groups in total. The van der Waals surface area contributed by atoms with Gasteiger partial charge in [0.05, 0.1) is 7.11 Å². The number of hydrogen-bond donors (Lipinski definition) is 5. The number of rotatable bonds is 9. The van der Waals surface area contributed by atoms with Crippen LogP contribution in [0.2, 0.25) is 0 Å². The molecule has 1 aliphatic rings. The average molecular weight is 453 g/mol. The van der Waals surface area contributed by atoms with Crippen LogP contribution >= 0.6 is 0 Å². The molecule has 9 nitrogen and oxygen atoms in total. The summed E-state index contributed by atoms with van der Waals surface area (Å²) in [7, 11) is 1.33. The van der Waals surface area contributed by atoms with Crippen LogP contribution in [0.1, 0.15) is 41.6 Å². The number of guanidine groups is 1.